The summed E-state index contributed by atoms with van der Waals surface area (Å²) < 4.78 is 16.3. The van der Waals surface area contributed by atoms with Gasteiger partial charge in [0.05, 0.1) is 18.7 Å². The Hall–Kier alpha value is -4.04. The van der Waals surface area contributed by atoms with Crippen molar-refractivity contribution in [1.29, 1.82) is 0 Å². The Kier molecular flexibility index (Phi) is 5.59. The maximum atomic E-state index is 13.7. The molecule has 1 atom stereocenters. The van der Waals surface area contributed by atoms with Crippen LogP contribution in [0.15, 0.2) is 70.5 Å². The number of amides is 1. The highest BCUT2D eigenvalue weighted by atomic mass is 16.5. The Labute approximate surface area is 195 Å². The van der Waals surface area contributed by atoms with Crippen LogP contribution < -0.4 is 4.74 Å². The van der Waals surface area contributed by atoms with Gasteiger partial charge in [-0.1, -0.05) is 30.3 Å². The molecule has 1 unspecified atom stereocenters. The molecule has 0 fully saturated rings. The summed E-state index contributed by atoms with van der Waals surface area (Å²) in [6, 6.07) is 13.8. The zero-order chi connectivity index (χ0) is 23.8. The van der Waals surface area contributed by atoms with Gasteiger partial charge in [0.2, 0.25) is 5.78 Å². The first kappa shape index (κ1) is 21.8. The number of carbonyl (C=O) groups excluding carboxylic acids is 2. The molecule has 0 bridgehead atoms. The predicted molar refractivity (Wildman–Crippen MR) is 126 cm³/mol. The lowest BCUT2D eigenvalue weighted by molar-refractivity contribution is -0.129. The number of fused-ring (bicyclic) bond motifs is 2. The highest BCUT2D eigenvalue weighted by Gasteiger charge is 2.45. The molecule has 5 rings (SSSR count). The molecule has 174 valence electrons. The van der Waals surface area contributed by atoms with E-state index in [2.05, 4.69) is 4.98 Å². The van der Waals surface area contributed by atoms with Gasteiger partial charge in [-0.3, -0.25) is 9.59 Å². The molecule has 1 aliphatic heterocycles. The molecule has 34 heavy (non-hydrogen) atoms. The number of furan rings is 1. The number of aliphatic hydroxyl groups is 1. The number of Topliss-reactive ketones (excluding diaryl/α,β-unsaturated/α-hetero) is 1. The summed E-state index contributed by atoms with van der Waals surface area (Å²) >= 11 is 0. The number of aromatic amines is 1. The number of aliphatic hydroxyl groups excluding tert-OH is 1. The second-order valence-electron chi connectivity index (χ2n) is 8.12. The first-order valence-corrected chi connectivity index (χ1v) is 11.0. The summed E-state index contributed by atoms with van der Waals surface area (Å²) in [7, 11) is 3.11. The van der Waals surface area contributed by atoms with Gasteiger partial charge in [0.25, 0.3) is 5.91 Å². The van der Waals surface area contributed by atoms with Crippen LogP contribution in [0.1, 0.15) is 28.6 Å². The molecule has 0 aliphatic carbocycles. The minimum atomic E-state index is -0.775. The molecule has 2 aromatic carbocycles. The first-order chi connectivity index (χ1) is 16.5. The third-order valence-electron chi connectivity index (χ3n) is 6.16. The number of methoxy groups -OCH3 is 2. The molecule has 4 aromatic rings. The number of hydrogen-bond donors (Lipinski definition) is 2. The van der Waals surface area contributed by atoms with Crippen molar-refractivity contribution in [3.63, 3.8) is 0 Å². The van der Waals surface area contributed by atoms with E-state index in [0.717, 1.165) is 16.5 Å². The van der Waals surface area contributed by atoms with Gasteiger partial charge in [0.15, 0.2) is 22.9 Å². The average molecular weight is 460 g/mol. The summed E-state index contributed by atoms with van der Waals surface area (Å²) in [6.07, 6.45) is 2.33. The molecule has 2 N–H and O–H groups in total. The van der Waals surface area contributed by atoms with Crippen molar-refractivity contribution in [3.05, 3.63) is 77.4 Å². The second kappa shape index (κ2) is 8.72. The summed E-state index contributed by atoms with van der Waals surface area (Å²) in [5, 5.41) is 12.4. The van der Waals surface area contributed by atoms with E-state index in [4.69, 9.17) is 13.9 Å². The lowest BCUT2D eigenvalue weighted by Gasteiger charge is -2.26. The van der Waals surface area contributed by atoms with E-state index in [0.29, 0.717) is 36.3 Å². The zero-order valence-electron chi connectivity index (χ0n) is 18.8. The smallest absolute Gasteiger partial charge is 0.290 e. The molecule has 1 amide bonds. The molecule has 2 aromatic heterocycles. The molecule has 1 aliphatic rings. The number of ether oxygens (including phenoxy) is 2. The van der Waals surface area contributed by atoms with E-state index in [1.165, 1.54) is 12.0 Å². The standard InChI is InChI=1S/C26H24N2O6/c1-32-12-6-11-28-22(17-14-27-18-9-4-3-8-16(17)18)21(24(30)26(28)31)23(29)20-13-15-7-5-10-19(33-2)25(15)34-20/h3-5,7-10,13-14,22,27,30H,6,11-12H2,1-2H3. The van der Waals surface area contributed by atoms with Crippen molar-refractivity contribution in [2.24, 2.45) is 0 Å². The summed E-state index contributed by atoms with van der Waals surface area (Å²) in [6.45, 7) is 0.753. The average Bonchev–Trinajstić information content (AvgIpc) is 3.54. The van der Waals surface area contributed by atoms with Crippen molar-refractivity contribution < 1.29 is 28.6 Å². The molecule has 3 heterocycles. The fraction of sp³-hybridized carbons (Fsp3) is 0.231. The van der Waals surface area contributed by atoms with Crippen molar-refractivity contribution >= 4 is 33.6 Å². The summed E-state index contributed by atoms with van der Waals surface area (Å²) in [4.78, 5) is 31.6. The predicted octanol–water partition coefficient (Wildman–Crippen LogP) is 4.54. The van der Waals surface area contributed by atoms with Crippen LogP contribution in [0.25, 0.3) is 21.9 Å². The Morgan fingerprint density at radius 3 is 2.79 bits per heavy atom. The van der Waals surface area contributed by atoms with Crippen molar-refractivity contribution in [3.8, 4) is 5.75 Å². The van der Waals surface area contributed by atoms with Crippen molar-refractivity contribution in [1.82, 2.24) is 9.88 Å². The van der Waals surface area contributed by atoms with Crippen LogP contribution >= 0.6 is 0 Å². The van der Waals surface area contributed by atoms with Gasteiger partial charge < -0.3 is 28.9 Å². The lowest BCUT2D eigenvalue weighted by atomic mass is 9.94. The highest BCUT2D eigenvalue weighted by molar-refractivity contribution is 6.16. The number of hydrogen-bond acceptors (Lipinski definition) is 6. The normalized spacial score (nSPS) is 16.2. The van der Waals surface area contributed by atoms with E-state index >= 15 is 0 Å². The zero-order valence-corrected chi connectivity index (χ0v) is 18.8. The largest absolute Gasteiger partial charge is 0.503 e. The second-order valence-corrected chi connectivity index (χ2v) is 8.12. The number of H-pyrrole nitrogens is 1. The highest BCUT2D eigenvalue weighted by Crippen LogP contribution is 2.42. The van der Waals surface area contributed by atoms with E-state index < -0.39 is 23.5 Å². The van der Waals surface area contributed by atoms with Gasteiger partial charge in [-0.05, 0) is 24.6 Å². The van der Waals surface area contributed by atoms with Crippen LogP contribution in [0.2, 0.25) is 0 Å². The monoisotopic (exact) mass is 460 g/mol. The molecular weight excluding hydrogens is 436 g/mol. The quantitative estimate of drug-likeness (QED) is 0.296. The number of para-hydroxylation sites is 2. The molecule has 0 radical (unpaired) electrons. The van der Waals surface area contributed by atoms with E-state index in [1.807, 2.05) is 24.3 Å². The van der Waals surface area contributed by atoms with Crippen LogP contribution in [0, 0.1) is 0 Å². The number of ketones is 1. The molecule has 0 saturated carbocycles. The van der Waals surface area contributed by atoms with E-state index in [1.54, 1.807) is 37.6 Å². The number of nitrogens with zero attached hydrogens (tertiary/aromatic N) is 1. The molecule has 8 heteroatoms. The van der Waals surface area contributed by atoms with Gasteiger partial charge in [-0.25, -0.2) is 0 Å². The summed E-state index contributed by atoms with van der Waals surface area (Å²) in [5.74, 6) is -1.19. The van der Waals surface area contributed by atoms with Gasteiger partial charge >= 0.3 is 0 Å². The topological polar surface area (TPSA) is 105 Å². The molecule has 8 nitrogen and oxygen atoms in total. The lowest BCUT2D eigenvalue weighted by Crippen LogP contribution is -2.32. The molecule has 0 spiro atoms. The van der Waals surface area contributed by atoms with E-state index in [9.17, 15) is 14.7 Å². The van der Waals surface area contributed by atoms with Gasteiger partial charge in [0, 0.05) is 48.3 Å². The SMILES string of the molecule is COCCCN1C(=O)C(O)=C(C(=O)c2cc3cccc(OC)c3o2)C1c1c[nH]c2ccccc12. The van der Waals surface area contributed by atoms with Crippen LogP contribution in [0.5, 0.6) is 5.75 Å². The number of benzene rings is 2. The van der Waals surface area contributed by atoms with Crippen molar-refractivity contribution in [2.75, 3.05) is 27.4 Å². The van der Waals surface area contributed by atoms with E-state index in [-0.39, 0.29) is 11.3 Å². The third-order valence-corrected chi connectivity index (χ3v) is 6.16. The Bertz CT molecular complexity index is 1430. The molecule has 0 saturated heterocycles. The molecular formula is C26H24N2O6. The Balaban J connectivity index is 1.62. The number of rotatable bonds is 8. The Morgan fingerprint density at radius 2 is 2.00 bits per heavy atom. The fourth-order valence-corrected chi connectivity index (χ4v) is 4.58. The number of aromatic nitrogens is 1. The summed E-state index contributed by atoms with van der Waals surface area (Å²) in [5.41, 5.74) is 2.01. The van der Waals surface area contributed by atoms with Crippen LogP contribution in [-0.4, -0.2) is 54.1 Å². The van der Waals surface area contributed by atoms with Gasteiger partial charge in [-0.2, -0.15) is 0 Å². The number of carbonyl (C=O) groups is 2. The maximum Gasteiger partial charge on any atom is 0.290 e. The third kappa shape index (κ3) is 3.43. The van der Waals surface area contributed by atoms with Crippen LogP contribution in [-0.2, 0) is 9.53 Å². The minimum absolute atomic E-state index is 0.00908. The van der Waals surface area contributed by atoms with Crippen molar-refractivity contribution in [2.45, 2.75) is 12.5 Å². The van der Waals surface area contributed by atoms with Crippen LogP contribution in [0.3, 0.4) is 0 Å². The first-order valence-electron chi connectivity index (χ1n) is 11.0. The number of nitrogens with one attached hydrogen (secondary N) is 1. The fourth-order valence-electron chi connectivity index (χ4n) is 4.58. The van der Waals surface area contributed by atoms with Gasteiger partial charge in [0.1, 0.15) is 0 Å². The Morgan fingerprint density at radius 1 is 1.18 bits per heavy atom. The minimum Gasteiger partial charge on any atom is -0.503 e. The van der Waals surface area contributed by atoms with Gasteiger partial charge in [-0.15, -0.1) is 0 Å². The maximum absolute atomic E-state index is 13.7. The van der Waals surface area contributed by atoms with Crippen LogP contribution in [0.4, 0.5) is 0 Å².